The van der Waals surface area contributed by atoms with Crippen LogP contribution < -0.4 is 43.0 Å². The van der Waals surface area contributed by atoms with Gasteiger partial charge in [0.25, 0.3) is 0 Å². The first-order valence-corrected chi connectivity index (χ1v) is 23.9. The molecule has 0 aromatic rings. The molecule has 0 saturated carbocycles. The Bertz CT molecular complexity index is 1380. The molecule has 0 aromatic heterocycles. The number of nitrogens with zero attached hydrogens (tertiary/aromatic N) is 8. The van der Waals surface area contributed by atoms with E-state index in [9.17, 15) is 28.8 Å². The maximum atomic E-state index is 12.7. The van der Waals surface area contributed by atoms with Crippen LogP contribution in [0.5, 0.6) is 0 Å². The first kappa shape index (κ1) is 77.8. The molecule has 2 radical (unpaired) electrons. The molecule has 0 aromatic carbocycles. The van der Waals surface area contributed by atoms with Crippen molar-refractivity contribution in [2.24, 2.45) is 5.73 Å². The monoisotopic (exact) mass is 1150 g/mol. The molecule has 6 rings (SSSR count). The van der Waals surface area contributed by atoms with Crippen LogP contribution in [0, 0.1) is 29.7 Å². The van der Waals surface area contributed by atoms with Crippen molar-refractivity contribution in [1.82, 2.24) is 37.2 Å². The smallest absolute Gasteiger partial charge is 0.303 e. The number of aliphatic carboxylic acids is 3. The van der Waals surface area contributed by atoms with Crippen LogP contribution in [0.25, 0.3) is 42.5 Å². The molecule has 6 aliphatic rings. The van der Waals surface area contributed by atoms with Crippen molar-refractivity contribution in [2.75, 3.05) is 157 Å². The summed E-state index contributed by atoms with van der Waals surface area (Å²) in [4.78, 5) is 70.2. The van der Waals surface area contributed by atoms with E-state index >= 15 is 0 Å². The van der Waals surface area contributed by atoms with Gasteiger partial charge in [0.15, 0.2) is 0 Å². The van der Waals surface area contributed by atoms with E-state index in [1.54, 1.807) is 0 Å². The maximum absolute atomic E-state index is 12.7. The third kappa shape index (κ3) is 34.9. The molecule has 27 heteroatoms. The van der Waals surface area contributed by atoms with E-state index in [0.29, 0.717) is 157 Å². The molecule has 4 bridgehead atoms. The number of amides is 3. The van der Waals surface area contributed by atoms with Crippen molar-refractivity contribution >= 4 is 35.6 Å². The minimum absolute atomic E-state index is 0. The minimum atomic E-state index is -0.930. The van der Waals surface area contributed by atoms with Crippen molar-refractivity contribution < 1.29 is 78.2 Å². The van der Waals surface area contributed by atoms with Gasteiger partial charge in [-0.15, -0.1) is 52.4 Å². The molecule has 3 amide bonds. The summed E-state index contributed by atoms with van der Waals surface area (Å²) in [6, 6.07) is 0. The van der Waals surface area contributed by atoms with Crippen LogP contribution >= 0.6 is 0 Å². The van der Waals surface area contributed by atoms with Crippen LogP contribution in [0.1, 0.15) is 57.8 Å². The Kier molecular flexibility index (Phi) is 46.6. The average molecular weight is 1150 g/mol. The molecule has 0 unspecified atom stereocenters. The van der Waals surface area contributed by atoms with Crippen LogP contribution in [-0.4, -0.2) is 230 Å². The Morgan fingerprint density at radius 3 is 0.824 bits per heavy atom. The molecule has 6 heterocycles. The summed E-state index contributed by atoms with van der Waals surface area (Å²) < 4.78 is 0. The number of nitrogens with one attached hydrogen (secondary N) is 7. The van der Waals surface area contributed by atoms with Crippen LogP contribution in [0.2, 0.25) is 0 Å². The number of fused-ring (bicyclic) bond motifs is 30. The van der Waals surface area contributed by atoms with Crippen LogP contribution in [0.3, 0.4) is 0 Å². The van der Waals surface area contributed by atoms with Crippen molar-refractivity contribution in [1.29, 1.82) is 0 Å². The zero-order chi connectivity index (χ0) is 49.4. The summed E-state index contributed by atoms with van der Waals surface area (Å²) in [7, 11) is 0. The van der Waals surface area contributed by atoms with Crippen molar-refractivity contribution in [3.8, 4) is 0 Å². The summed E-state index contributed by atoms with van der Waals surface area (Å²) in [5, 5.41) is 86.3. The number of carboxylic acids is 3. The van der Waals surface area contributed by atoms with Gasteiger partial charge in [0.05, 0.1) is 0 Å². The first-order valence-electron chi connectivity index (χ1n) is 23.9. The molecule has 0 aliphatic carbocycles. The normalized spacial score (nSPS) is 25.6. The second kappa shape index (κ2) is 44.3. The third-order valence-corrected chi connectivity index (χ3v) is 11.4. The number of hydrogen-bond acceptors (Lipinski definition) is 11. The van der Waals surface area contributed by atoms with Gasteiger partial charge in [-0.05, 0) is 24.8 Å². The molecule has 74 heavy (non-hydrogen) atoms. The summed E-state index contributed by atoms with van der Waals surface area (Å²) in [5.41, 5.74) is 3.91. The Morgan fingerprint density at radius 1 is 0.378 bits per heavy atom. The fourth-order valence-corrected chi connectivity index (χ4v) is 7.89. The van der Waals surface area contributed by atoms with E-state index < -0.39 is 40.1 Å². The van der Waals surface area contributed by atoms with E-state index in [2.05, 4.69) is 79.8 Å². The molecule has 0 atom stereocenters. The van der Waals surface area contributed by atoms with E-state index in [4.69, 9.17) is 21.1 Å². The fraction of sp³-hybridized carbons (Fsp3) is 0.787. The summed E-state index contributed by atoms with van der Waals surface area (Å²) >= 11 is 0. The minimum Gasteiger partial charge on any atom is -0.662 e. The number of carbonyl (C=O) groups is 6. The second-order valence-corrected chi connectivity index (χ2v) is 18.1. The van der Waals surface area contributed by atoms with Gasteiger partial charge >= 0.3 is 17.9 Å². The summed E-state index contributed by atoms with van der Waals surface area (Å²) in [5.74, 6) is -3.38. The number of carboxylic acid groups (broad SMARTS) is 3. The van der Waals surface area contributed by atoms with Gasteiger partial charge in [0.2, 0.25) is 17.7 Å². The van der Waals surface area contributed by atoms with Gasteiger partial charge < -0.3 is 131 Å². The predicted octanol–water partition coefficient (Wildman–Crippen LogP) is 1.20. The molecule has 6 aliphatic heterocycles. The van der Waals surface area contributed by atoms with Crippen molar-refractivity contribution in [3.63, 3.8) is 0 Å². The van der Waals surface area contributed by atoms with E-state index in [0.717, 1.165) is 6.54 Å². The summed E-state index contributed by atoms with van der Waals surface area (Å²) in [6.07, 6.45) is 1.08. The zero-order valence-electron chi connectivity index (χ0n) is 44.4. The number of nitrogens with two attached hydrogens (primary N) is 1. The number of carbonyl (C=O) groups excluding carboxylic acids is 3. The Hall–Kier alpha value is -2.66. The second-order valence-electron chi connectivity index (χ2n) is 18.1. The molecule has 446 valence electrons. The molecule has 25 nitrogen and oxygen atoms in total. The van der Waals surface area contributed by atoms with Gasteiger partial charge in [-0.2, -0.15) is 52.4 Å². The molecule has 6 fully saturated rings. The topological polar surface area (TPSA) is 386 Å². The molecule has 0 spiro atoms. The molecule has 12 N–H and O–H groups in total. The number of rotatable bonds is 15. The predicted molar refractivity (Wildman–Crippen MR) is 286 cm³/mol. The third-order valence-electron chi connectivity index (χ3n) is 11.4. The molecular weight excluding hydrogens is 1060 g/mol. The molecular formula is C47H90Cu2N16O9-12. The van der Waals surface area contributed by atoms with Crippen LogP contribution in [-0.2, 0) is 62.9 Å². The standard InChI is InChI=1S/C24H42N8O6.C19H36N8O3.4CH3.2Cu/c33-19(3-1-5-21(35)36)31-23-13-25-7-10-28-16-24(17-29-11-8-26-14-23,18-30-12-9-27-15-23)32-20(34)4-2-6-22(37)38;20-18-10-21-4-7-24-13-19(14-25-8-5-22-11-18,15-26-9-6-23-12-18)27-16(28)2-1-3-17(29)30;;;;;;/h25,28H,1-18H2,(H,31,33)(H,32,34)(H,35,36)(H,37,38);21,24H,1-15,20H2,(H,27,28)(H,29,30);4*1H3;;/q2*-4;4*-1;;. The molecule has 6 saturated heterocycles. The van der Waals surface area contributed by atoms with Crippen molar-refractivity contribution in [2.45, 2.75) is 79.9 Å². The van der Waals surface area contributed by atoms with Crippen LogP contribution in [0.15, 0.2) is 0 Å². The van der Waals surface area contributed by atoms with E-state index in [-0.39, 0.29) is 133 Å². The van der Waals surface area contributed by atoms with Gasteiger partial charge in [0, 0.05) is 142 Å². The Labute approximate surface area is 464 Å². The Morgan fingerprint density at radius 2 is 0.595 bits per heavy atom. The Balaban J connectivity index is -0.000000626. The van der Waals surface area contributed by atoms with Gasteiger partial charge in [-0.3, -0.25) is 28.8 Å². The first-order chi connectivity index (χ1) is 32.7. The quantitative estimate of drug-likeness (QED) is 0.0811. The fourth-order valence-electron chi connectivity index (χ4n) is 7.89. The van der Waals surface area contributed by atoms with Gasteiger partial charge in [0.1, 0.15) is 0 Å². The van der Waals surface area contributed by atoms with E-state index in [1.165, 1.54) is 0 Å². The van der Waals surface area contributed by atoms with Crippen molar-refractivity contribution in [3.05, 3.63) is 72.2 Å². The van der Waals surface area contributed by atoms with Gasteiger partial charge in [-0.25, -0.2) is 0 Å². The maximum Gasteiger partial charge on any atom is 0.303 e. The SMILES string of the molecule is NC12C[N-]CC[N-]CC(NC(=O)CCCC(=O)O)(C[N-]CC[N-]C1)CNCCNC2.O=C(O)CCCC(=O)NC12C[N-]CC[N-]CC(NC(=O)CCCC(=O)O)(C[N-]CC[N-]C1)CNCCNC2.[CH3-].[CH3-].[CH3-].[CH3-].[Cu].[Cu]. The largest absolute Gasteiger partial charge is 0.662 e. The average Bonchev–Trinajstić information content (AvgIpc) is 3.27. The number of hydrogen-bond donors (Lipinski definition) is 11. The van der Waals surface area contributed by atoms with E-state index in [1.807, 2.05) is 0 Å². The van der Waals surface area contributed by atoms with Crippen LogP contribution in [0.4, 0.5) is 0 Å². The zero-order valence-corrected chi connectivity index (χ0v) is 46.3. The summed E-state index contributed by atoms with van der Waals surface area (Å²) in [6.45, 7) is 11.9. The van der Waals surface area contributed by atoms with Gasteiger partial charge in [-0.1, -0.05) is 0 Å².